The average Bonchev–Trinajstić information content (AvgIpc) is 2.96. The van der Waals surface area contributed by atoms with E-state index >= 15 is 0 Å². The third kappa shape index (κ3) is 2.79. The minimum absolute atomic E-state index is 0.750. The van der Waals surface area contributed by atoms with Gasteiger partial charge in [-0.1, -0.05) is 12.1 Å². The standard InChI is InChI=1S/C17H21N3O2/c1-20-7-6-18-17(20)19-11-12-4-5-13-9-15(21-2)16(22-3)10-14(13)8-12/h4-5,8-10H,6-7,11H2,1-3H3,(H,18,19). The zero-order chi connectivity index (χ0) is 15.5. The van der Waals surface area contributed by atoms with E-state index in [4.69, 9.17) is 9.47 Å². The van der Waals surface area contributed by atoms with Gasteiger partial charge in [0.05, 0.1) is 20.8 Å². The van der Waals surface area contributed by atoms with Crippen molar-refractivity contribution < 1.29 is 9.47 Å². The van der Waals surface area contributed by atoms with Gasteiger partial charge >= 0.3 is 0 Å². The van der Waals surface area contributed by atoms with Crippen molar-refractivity contribution in [2.75, 3.05) is 34.4 Å². The van der Waals surface area contributed by atoms with E-state index in [2.05, 4.69) is 40.5 Å². The predicted octanol–water partition coefficient (Wildman–Crippen LogP) is 2.25. The molecule has 0 saturated carbocycles. The number of benzene rings is 2. The molecule has 2 aromatic rings. The molecule has 116 valence electrons. The third-order valence-electron chi connectivity index (χ3n) is 3.92. The minimum atomic E-state index is 0.750. The van der Waals surface area contributed by atoms with E-state index < -0.39 is 0 Å². The van der Waals surface area contributed by atoms with Gasteiger partial charge in [0.25, 0.3) is 0 Å². The topological polar surface area (TPSA) is 46.1 Å². The molecule has 0 radical (unpaired) electrons. The van der Waals surface area contributed by atoms with Crippen molar-refractivity contribution >= 4 is 16.7 Å². The van der Waals surface area contributed by atoms with Gasteiger partial charge in [0, 0.05) is 20.1 Å². The molecule has 0 fully saturated rings. The number of rotatable bonds is 4. The van der Waals surface area contributed by atoms with Crippen molar-refractivity contribution in [3.63, 3.8) is 0 Å². The summed E-state index contributed by atoms with van der Waals surface area (Å²) >= 11 is 0. The second kappa shape index (κ2) is 6.13. The molecule has 22 heavy (non-hydrogen) atoms. The Labute approximate surface area is 130 Å². The lowest BCUT2D eigenvalue weighted by molar-refractivity contribution is 0.356. The number of nitrogens with zero attached hydrogens (tertiary/aromatic N) is 2. The molecule has 1 aliphatic rings. The molecule has 2 aromatic carbocycles. The predicted molar refractivity (Wildman–Crippen MR) is 88.8 cm³/mol. The van der Waals surface area contributed by atoms with Crippen LogP contribution in [0.5, 0.6) is 11.5 Å². The number of likely N-dealkylation sites (N-methyl/N-ethyl adjacent to an activating group) is 1. The summed E-state index contributed by atoms with van der Waals surface area (Å²) in [5.74, 6) is 2.47. The molecule has 3 rings (SSSR count). The summed E-state index contributed by atoms with van der Waals surface area (Å²) in [5.41, 5.74) is 1.21. The maximum Gasteiger partial charge on any atom is 0.194 e. The Balaban J connectivity index is 1.83. The van der Waals surface area contributed by atoms with E-state index in [1.807, 2.05) is 12.1 Å². The molecule has 5 heteroatoms. The Morgan fingerprint density at radius 1 is 1.09 bits per heavy atom. The van der Waals surface area contributed by atoms with E-state index in [0.29, 0.717) is 0 Å². The highest BCUT2D eigenvalue weighted by molar-refractivity contribution is 5.87. The van der Waals surface area contributed by atoms with Gasteiger partial charge < -0.3 is 19.7 Å². The minimum Gasteiger partial charge on any atom is -0.493 e. The first kappa shape index (κ1) is 14.5. The maximum atomic E-state index is 5.37. The SMILES string of the molecule is COc1cc2ccc(CNC3=NCCN3C)cc2cc1OC. The van der Waals surface area contributed by atoms with E-state index in [1.54, 1.807) is 14.2 Å². The summed E-state index contributed by atoms with van der Waals surface area (Å²) in [6, 6.07) is 10.4. The van der Waals surface area contributed by atoms with E-state index in [9.17, 15) is 0 Å². The van der Waals surface area contributed by atoms with Crippen molar-refractivity contribution in [3.05, 3.63) is 35.9 Å². The van der Waals surface area contributed by atoms with E-state index in [-0.39, 0.29) is 0 Å². The molecule has 0 bridgehead atoms. The Morgan fingerprint density at radius 2 is 1.82 bits per heavy atom. The first-order chi connectivity index (χ1) is 10.7. The number of aliphatic imine (C=N–C) groups is 1. The fourth-order valence-corrected chi connectivity index (χ4v) is 2.64. The lowest BCUT2D eigenvalue weighted by atomic mass is 10.1. The number of guanidine groups is 1. The molecule has 0 unspecified atom stereocenters. The van der Waals surface area contributed by atoms with Crippen LogP contribution in [0.25, 0.3) is 10.8 Å². The van der Waals surface area contributed by atoms with Crippen molar-refractivity contribution in [1.29, 1.82) is 0 Å². The molecule has 0 aliphatic carbocycles. The summed E-state index contributed by atoms with van der Waals surface area (Å²) < 4.78 is 10.7. The van der Waals surface area contributed by atoms with Crippen LogP contribution >= 0.6 is 0 Å². The molecular weight excluding hydrogens is 278 g/mol. The average molecular weight is 299 g/mol. The van der Waals surface area contributed by atoms with E-state index in [0.717, 1.165) is 47.9 Å². The highest BCUT2D eigenvalue weighted by Crippen LogP contribution is 2.32. The van der Waals surface area contributed by atoms with Crippen molar-refractivity contribution in [2.24, 2.45) is 4.99 Å². The summed E-state index contributed by atoms with van der Waals surface area (Å²) in [4.78, 5) is 6.57. The van der Waals surface area contributed by atoms with Crippen molar-refractivity contribution in [3.8, 4) is 11.5 Å². The molecule has 0 aromatic heterocycles. The van der Waals surface area contributed by atoms with Gasteiger partial charge in [-0.25, -0.2) is 0 Å². The van der Waals surface area contributed by atoms with Gasteiger partial charge in [-0.3, -0.25) is 4.99 Å². The smallest absolute Gasteiger partial charge is 0.194 e. The van der Waals surface area contributed by atoms with Gasteiger partial charge in [0.15, 0.2) is 17.5 Å². The lowest BCUT2D eigenvalue weighted by Crippen LogP contribution is -2.35. The van der Waals surface area contributed by atoms with Crippen LogP contribution in [0.15, 0.2) is 35.3 Å². The van der Waals surface area contributed by atoms with Crippen LogP contribution in [-0.2, 0) is 6.54 Å². The second-order valence-electron chi connectivity index (χ2n) is 5.37. The lowest BCUT2D eigenvalue weighted by Gasteiger charge is -2.15. The zero-order valence-corrected chi connectivity index (χ0v) is 13.2. The quantitative estimate of drug-likeness (QED) is 0.940. The largest absolute Gasteiger partial charge is 0.493 e. The summed E-state index contributed by atoms with van der Waals surface area (Å²) in [6.07, 6.45) is 0. The summed E-state index contributed by atoms with van der Waals surface area (Å²) in [6.45, 7) is 2.61. The highest BCUT2D eigenvalue weighted by Gasteiger charge is 2.11. The van der Waals surface area contributed by atoms with Crippen LogP contribution < -0.4 is 14.8 Å². The molecule has 5 nitrogen and oxygen atoms in total. The van der Waals surface area contributed by atoms with Crippen LogP contribution in [-0.4, -0.2) is 45.2 Å². The first-order valence-corrected chi connectivity index (χ1v) is 7.35. The Kier molecular flexibility index (Phi) is 4.04. The number of methoxy groups -OCH3 is 2. The van der Waals surface area contributed by atoms with E-state index in [1.165, 1.54) is 5.56 Å². The van der Waals surface area contributed by atoms with Crippen LogP contribution in [0.1, 0.15) is 5.56 Å². The molecule has 1 aliphatic heterocycles. The Bertz CT molecular complexity index is 712. The monoisotopic (exact) mass is 299 g/mol. The van der Waals surface area contributed by atoms with Gasteiger partial charge in [-0.05, 0) is 34.5 Å². The first-order valence-electron chi connectivity index (χ1n) is 7.35. The fourth-order valence-electron chi connectivity index (χ4n) is 2.64. The molecule has 1 N–H and O–H groups in total. The fraction of sp³-hybridized carbons (Fsp3) is 0.353. The van der Waals surface area contributed by atoms with Gasteiger partial charge in [-0.15, -0.1) is 0 Å². The second-order valence-corrected chi connectivity index (χ2v) is 5.37. The zero-order valence-electron chi connectivity index (χ0n) is 13.2. The number of hydrogen-bond acceptors (Lipinski definition) is 5. The van der Waals surface area contributed by atoms with Crippen molar-refractivity contribution in [2.45, 2.75) is 6.54 Å². The van der Waals surface area contributed by atoms with Crippen LogP contribution in [0.2, 0.25) is 0 Å². The summed E-state index contributed by atoms with van der Waals surface area (Å²) in [5, 5.41) is 5.66. The molecule has 0 amide bonds. The van der Waals surface area contributed by atoms with Gasteiger partial charge in [0.1, 0.15) is 0 Å². The number of hydrogen-bond donors (Lipinski definition) is 1. The molecule has 1 heterocycles. The molecule has 0 atom stereocenters. The Hall–Kier alpha value is -2.43. The maximum absolute atomic E-state index is 5.37. The third-order valence-corrected chi connectivity index (χ3v) is 3.92. The normalized spacial score (nSPS) is 14.1. The molecule has 0 saturated heterocycles. The van der Waals surface area contributed by atoms with Crippen LogP contribution in [0, 0.1) is 0 Å². The number of ether oxygens (including phenoxy) is 2. The van der Waals surface area contributed by atoms with Gasteiger partial charge in [-0.2, -0.15) is 0 Å². The summed E-state index contributed by atoms with van der Waals surface area (Å²) in [7, 11) is 5.36. The number of nitrogens with one attached hydrogen (secondary N) is 1. The molecule has 0 spiro atoms. The van der Waals surface area contributed by atoms with Crippen LogP contribution in [0.4, 0.5) is 0 Å². The number of fused-ring (bicyclic) bond motifs is 1. The van der Waals surface area contributed by atoms with Crippen molar-refractivity contribution in [1.82, 2.24) is 10.2 Å². The highest BCUT2D eigenvalue weighted by atomic mass is 16.5. The molecular formula is C17H21N3O2. The Morgan fingerprint density at radius 3 is 2.45 bits per heavy atom. The van der Waals surface area contributed by atoms with Crippen LogP contribution in [0.3, 0.4) is 0 Å². The van der Waals surface area contributed by atoms with Gasteiger partial charge in [0.2, 0.25) is 0 Å².